The fourth-order valence-electron chi connectivity index (χ4n) is 2.77. The van der Waals surface area contributed by atoms with Gasteiger partial charge in [0.25, 0.3) is 0 Å². The Morgan fingerprint density at radius 3 is 1.36 bits per heavy atom. The number of nitrogens with one attached hydrogen (secondary N) is 2. The van der Waals surface area contributed by atoms with Crippen LogP contribution >= 0.6 is 0 Å². The highest BCUT2D eigenvalue weighted by molar-refractivity contribution is 5.91. The van der Waals surface area contributed by atoms with E-state index in [0.717, 1.165) is 0 Å². The molecule has 190 valence electrons. The predicted octanol–water partition coefficient (Wildman–Crippen LogP) is -0.369. The predicted molar refractivity (Wildman–Crippen MR) is 114 cm³/mol. The largest absolute Gasteiger partial charge is 0.479 e. The van der Waals surface area contributed by atoms with Gasteiger partial charge in [0.05, 0.1) is 12.8 Å². The van der Waals surface area contributed by atoms with E-state index in [2.05, 4.69) is 10.6 Å². The molecule has 0 atom stereocenters. The Balaban J connectivity index is 4.21. The van der Waals surface area contributed by atoms with Crippen molar-refractivity contribution in [2.24, 2.45) is 0 Å². The quantitative estimate of drug-likeness (QED) is 0.0921. The summed E-state index contributed by atoms with van der Waals surface area (Å²) in [6.45, 7) is 3.20. The zero-order valence-electron chi connectivity index (χ0n) is 19.2. The third-order valence-electron chi connectivity index (χ3n) is 4.77. The molecule has 6 N–H and O–H groups in total. The van der Waals surface area contributed by atoms with Crippen LogP contribution in [-0.4, -0.2) is 92.1 Å². The van der Waals surface area contributed by atoms with Gasteiger partial charge in [0.1, 0.15) is 0 Å². The highest BCUT2D eigenvalue weighted by Gasteiger charge is 2.40. The van der Waals surface area contributed by atoms with Crippen LogP contribution in [0.2, 0.25) is 0 Å². The van der Waals surface area contributed by atoms with Crippen molar-refractivity contribution >= 4 is 29.6 Å². The molecule has 0 rings (SSSR count). The molecule has 0 aliphatic heterocycles. The lowest BCUT2D eigenvalue weighted by atomic mass is 9.94. The lowest BCUT2D eigenvalue weighted by Crippen LogP contribution is -2.47. The van der Waals surface area contributed by atoms with Gasteiger partial charge >= 0.3 is 5.97 Å². The van der Waals surface area contributed by atoms with E-state index in [0.29, 0.717) is 48.7 Å². The molecule has 0 saturated heterocycles. The summed E-state index contributed by atoms with van der Waals surface area (Å²) in [6, 6.07) is 0. The molecule has 0 aromatic heterocycles. The monoisotopic (exact) mass is 476 g/mol. The molecule has 13 nitrogen and oxygen atoms in total. The van der Waals surface area contributed by atoms with Crippen LogP contribution in [0.5, 0.6) is 0 Å². The van der Waals surface area contributed by atoms with Gasteiger partial charge in [-0.1, -0.05) is 0 Å². The zero-order chi connectivity index (χ0) is 25.4. The number of hydrogen-bond donors (Lipinski definition) is 6. The molecule has 13 heteroatoms. The number of carbonyl (C=O) groups excluding carboxylic acids is 4. The number of carbonyl (C=O) groups is 5. The van der Waals surface area contributed by atoms with Crippen molar-refractivity contribution in [3.63, 3.8) is 0 Å². The zero-order valence-corrected chi connectivity index (χ0v) is 19.2. The first-order valence-corrected chi connectivity index (χ1v) is 10.8. The lowest BCUT2D eigenvalue weighted by Gasteiger charge is -2.22. The number of aliphatic hydroxyl groups is 1. The number of nitrogens with zero attached hydrogens (tertiary/aromatic N) is 2. The molecule has 4 amide bonds. The molecule has 0 aromatic rings. The Hall–Kier alpha value is -2.77. The summed E-state index contributed by atoms with van der Waals surface area (Å²) in [6.07, 6.45) is 1.68. The van der Waals surface area contributed by atoms with E-state index in [9.17, 15) is 44.6 Å². The summed E-state index contributed by atoms with van der Waals surface area (Å²) in [7, 11) is 0. The highest BCUT2D eigenvalue weighted by atomic mass is 16.5. The van der Waals surface area contributed by atoms with Gasteiger partial charge in [-0.2, -0.15) is 0 Å². The number of carboxylic acid groups (broad SMARTS) is 1. The van der Waals surface area contributed by atoms with Gasteiger partial charge in [0, 0.05) is 40.0 Å². The van der Waals surface area contributed by atoms with Crippen LogP contribution in [0.1, 0.15) is 65.2 Å². The fourth-order valence-corrected chi connectivity index (χ4v) is 2.77. The number of rotatable bonds is 17. The van der Waals surface area contributed by atoms with Crippen LogP contribution in [-0.2, 0) is 24.0 Å². The SMILES string of the molecule is CC(=O)N(O)CCCCCNC(=O)CC(O)(CC(=O)NCCCCCN(O)C(C)=O)C(=O)O. The highest BCUT2D eigenvalue weighted by Crippen LogP contribution is 2.16. The minimum atomic E-state index is -2.55. The second-order valence-corrected chi connectivity index (χ2v) is 7.80. The van der Waals surface area contributed by atoms with E-state index in [1.807, 2.05) is 0 Å². The number of carboxylic acids is 1. The molecule has 0 saturated carbocycles. The molecule has 0 radical (unpaired) electrons. The Morgan fingerprint density at radius 2 is 1.06 bits per heavy atom. The van der Waals surface area contributed by atoms with Gasteiger partial charge in [0.15, 0.2) is 5.60 Å². The van der Waals surface area contributed by atoms with Crippen molar-refractivity contribution in [1.82, 2.24) is 20.8 Å². The number of hydroxylamine groups is 4. The van der Waals surface area contributed by atoms with Gasteiger partial charge in [0.2, 0.25) is 23.6 Å². The topological polar surface area (TPSA) is 197 Å². The second-order valence-electron chi connectivity index (χ2n) is 7.80. The maximum Gasteiger partial charge on any atom is 0.336 e. The van der Waals surface area contributed by atoms with Crippen molar-refractivity contribution in [1.29, 1.82) is 0 Å². The van der Waals surface area contributed by atoms with E-state index in [-0.39, 0.29) is 26.2 Å². The summed E-state index contributed by atoms with van der Waals surface area (Å²) >= 11 is 0. The summed E-state index contributed by atoms with van der Waals surface area (Å²) in [5.74, 6) is -4.07. The molecule has 33 heavy (non-hydrogen) atoms. The van der Waals surface area contributed by atoms with E-state index in [1.165, 1.54) is 13.8 Å². The van der Waals surface area contributed by atoms with Crippen LogP contribution in [0.15, 0.2) is 0 Å². The third-order valence-corrected chi connectivity index (χ3v) is 4.77. The van der Waals surface area contributed by atoms with Crippen molar-refractivity contribution in [3.05, 3.63) is 0 Å². The maximum absolute atomic E-state index is 12.0. The maximum atomic E-state index is 12.0. The van der Waals surface area contributed by atoms with Crippen LogP contribution in [0.25, 0.3) is 0 Å². The van der Waals surface area contributed by atoms with E-state index >= 15 is 0 Å². The third kappa shape index (κ3) is 14.1. The molecule has 0 fully saturated rings. The van der Waals surface area contributed by atoms with Crippen molar-refractivity contribution in [2.45, 2.75) is 70.8 Å². The summed E-state index contributed by atoms with van der Waals surface area (Å²) in [5.41, 5.74) is -2.55. The number of unbranched alkanes of at least 4 members (excludes halogenated alkanes) is 4. The first-order valence-electron chi connectivity index (χ1n) is 10.8. The average Bonchev–Trinajstić information content (AvgIpc) is 2.72. The van der Waals surface area contributed by atoms with Gasteiger partial charge in [-0.15, -0.1) is 0 Å². The molecule has 0 heterocycles. The molecule has 0 aliphatic carbocycles. The van der Waals surface area contributed by atoms with Gasteiger partial charge in [-0.25, -0.2) is 14.9 Å². The Bertz CT molecular complexity index is 626. The lowest BCUT2D eigenvalue weighted by molar-refractivity contribution is -0.164. The molecule has 0 bridgehead atoms. The summed E-state index contributed by atoms with van der Waals surface area (Å²) in [4.78, 5) is 57.2. The van der Waals surface area contributed by atoms with E-state index in [4.69, 9.17) is 0 Å². The molecule has 0 spiro atoms. The minimum absolute atomic E-state index is 0.162. The number of hydrogen-bond acceptors (Lipinski definition) is 8. The van der Waals surface area contributed by atoms with Crippen molar-refractivity contribution < 1.29 is 44.6 Å². The molecule has 0 aromatic carbocycles. The normalized spacial score (nSPS) is 10.9. The fraction of sp³-hybridized carbons (Fsp3) is 0.750. The van der Waals surface area contributed by atoms with Crippen LogP contribution in [0.4, 0.5) is 0 Å². The summed E-state index contributed by atoms with van der Waals surface area (Å²) in [5, 5.41) is 44.2. The molecule has 0 unspecified atom stereocenters. The molecule has 0 aliphatic rings. The van der Waals surface area contributed by atoms with Crippen molar-refractivity contribution in [2.75, 3.05) is 26.2 Å². The average molecular weight is 477 g/mol. The standard InChI is InChI=1S/C20H36N4O9/c1-15(25)23(32)11-7-3-5-9-21-17(27)13-20(31,19(29)30)14-18(28)22-10-6-4-8-12-24(33)16(2)26/h31-33H,3-14H2,1-2H3,(H,21,27)(H,22,28)(H,29,30). The molecular weight excluding hydrogens is 440 g/mol. The van der Waals surface area contributed by atoms with Crippen molar-refractivity contribution in [3.8, 4) is 0 Å². The first kappa shape index (κ1) is 30.2. The number of amides is 4. The summed E-state index contributed by atoms with van der Waals surface area (Å²) < 4.78 is 0. The van der Waals surface area contributed by atoms with Gasteiger partial charge in [-0.05, 0) is 38.5 Å². The smallest absolute Gasteiger partial charge is 0.336 e. The molecular formula is C20H36N4O9. The van der Waals surface area contributed by atoms with Gasteiger partial charge in [-0.3, -0.25) is 29.6 Å². The van der Waals surface area contributed by atoms with E-state index < -0.39 is 48.0 Å². The van der Waals surface area contributed by atoms with Gasteiger partial charge < -0.3 is 20.8 Å². The second kappa shape index (κ2) is 15.9. The van der Waals surface area contributed by atoms with Crippen LogP contribution in [0.3, 0.4) is 0 Å². The van der Waals surface area contributed by atoms with Crippen LogP contribution in [0, 0.1) is 0 Å². The van der Waals surface area contributed by atoms with E-state index in [1.54, 1.807) is 0 Å². The Kier molecular flexibility index (Phi) is 14.6. The number of aliphatic carboxylic acids is 1. The first-order chi connectivity index (χ1) is 15.4. The Labute approximate surface area is 192 Å². The van der Waals surface area contributed by atoms with Crippen LogP contribution < -0.4 is 10.6 Å². The minimum Gasteiger partial charge on any atom is -0.479 e. The Morgan fingerprint density at radius 1 is 0.697 bits per heavy atom.